The number of carbonyl (C=O) groups excluding carboxylic acids is 2. The van der Waals surface area contributed by atoms with Crippen LogP contribution < -0.4 is 0 Å². The molecule has 1 aromatic heterocycles. The second-order valence-electron chi connectivity index (χ2n) is 8.52. The number of amides is 2. The van der Waals surface area contributed by atoms with Crippen molar-refractivity contribution in [2.75, 3.05) is 45.8 Å². The first-order chi connectivity index (χ1) is 13.7. The quantitative estimate of drug-likeness (QED) is 0.776. The Kier molecular flexibility index (Phi) is 6.36. The van der Waals surface area contributed by atoms with Gasteiger partial charge < -0.3 is 9.80 Å². The van der Waals surface area contributed by atoms with Crippen molar-refractivity contribution in [1.29, 1.82) is 0 Å². The molecule has 0 radical (unpaired) electrons. The maximum atomic E-state index is 13.1. The van der Waals surface area contributed by atoms with Gasteiger partial charge in [-0.05, 0) is 63.1 Å². The van der Waals surface area contributed by atoms with E-state index >= 15 is 0 Å². The maximum Gasteiger partial charge on any atom is 0.263 e. The number of thiophene rings is 1. The molecule has 1 atom stereocenters. The Morgan fingerprint density at radius 2 is 1.79 bits per heavy atom. The van der Waals surface area contributed by atoms with Crippen molar-refractivity contribution in [2.24, 2.45) is 5.92 Å². The monoisotopic (exact) mass is 403 g/mol. The fourth-order valence-corrected chi connectivity index (χ4v) is 6.04. The van der Waals surface area contributed by atoms with Crippen molar-refractivity contribution < 1.29 is 9.59 Å². The van der Waals surface area contributed by atoms with Crippen LogP contribution in [0.4, 0.5) is 0 Å². The van der Waals surface area contributed by atoms with Crippen LogP contribution in [0.3, 0.4) is 0 Å². The first-order valence-corrected chi connectivity index (χ1v) is 11.9. The molecule has 3 heterocycles. The largest absolute Gasteiger partial charge is 0.340 e. The number of hydrogen-bond donors (Lipinski definition) is 0. The molecule has 3 aliphatic rings. The molecule has 1 aromatic rings. The van der Waals surface area contributed by atoms with E-state index < -0.39 is 0 Å². The van der Waals surface area contributed by atoms with Gasteiger partial charge in [-0.3, -0.25) is 14.5 Å². The van der Waals surface area contributed by atoms with Gasteiger partial charge in [0.05, 0.1) is 4.88 Å². The van der Waals surface area contributed by atoms with Crippen LogP contribution in [-0.4, -0.2) is 72.3 Å². The van der Waals surface area contributed by atoms with Gasteiger partial charge in [-0.15, -0.1) is 11.3 Å². The van der Waals surface area contributed by atoms with Gasteiger partial charge in [0, 0.05) is 50.1 Å². The lowest BCUT2D eigenvalue weighted by molar-refractivity contribution is -0.137. The molecule has 154 valence electrons. The number of piperidine rings is 1. The minimum atomic E-state index is 0.0952. The molecule has 6 heteroatoms. The summed E-state index contributed by atoms with van der Waals surface area (Å²) in [5.74, 6) is 0.628. The van der Waals surface area contributed by atoms with Crippen molar-refractivity contribution in [2.45, 2.75) is 51.9 Å². The molecule has 1 unspecified atom stereocenters. The average molecular weight is 404 g/mol. The number of carbonyl (C=O) groups is 2. The second kappa shape index (κ2) is 8.95. The lowest BCUT2D eigenvalue weighted by atomic mass is 9.87. The zero-order valence-corrected chi connectivity index (χ0v) is 17.9. The highest BCUT2D eigenvalue weighted by atomic mass is 32.1. The smallest absolute Gasteiger partial charge is 0.263 e. The minimum absolute atomic E-state index is 0.0952. The Morgan fingerprint density at radius 1 is 1.04 bits per heavy atom. The van der Waals surface area contributed by atoms with Crippen LogP contribution in [0.5, 0.6) is 0 Å². The van der Waals surface area contributed by atoms with Crippen LogP contribution in [0.2, 0.25) is 0 Å². The Balaban J connectivity index is 1.36. The van der Waals surface area contributed by atoms with Gasteiger partial charge in [0.25, 0.3) is 5.91 Å². The van der Waals surface area contributed by atoms with E-state index in [1.807, 2.05) is 4.90 Å². The Bertz CT molecular complexity index is 703. The molecule has 2 aliphatic heterocycles. The standard InChI is InChI=1S/C22H33N3O2S/c1-2-8-23-11-13-25(14-12-23)21(26)17-6-7-19-18(15-17)16-20(28-19)22(27)24-9-4-3-5-10-24/h16-17H,2-15H2,1H3. The summed E-state index contributed by atoms with van der Waals surface area (Å²) < 4.78 is 0. The van der Waals surface area contributed by atoms with Crippen molar-refractivity contribution in [3.05, 3.63) is 21.4 Å². The van der Waals surface area contributed by atoms with Crippen LogP contribution >= 0.6 is 11.3 Å². The van der Waals surface area contributed by atoms with Crippen molar-refractivity contribution in [1.82, 2.24) is 14.7 Å². The Hall–Kier alpha value is -1.40. The van der Waals surface area contributed by atoms with Gasteiger partial charge in [-0.2, -0.15) is 0 Å². The van der Waals surface area contributed by atoms with E-state index in [9.17, 15) is 9.59 Å². The van der Waals surface area contributed by atoms with Crippen LogP contribution in [0.1, 0.15) is 59.1 Å². The molecule has 0 saturated carbocycles. The summed E-state index contributed by atoms with van der Waals surface area (Å²) in [5, 5.41) is 0. The lowest BCUT2D eigenvalue weighted by Crippen LogP contribution is -2.50. The van der Waals surface area contributed by atoms with E-state index in [2.05, 4.69) is 22.8 Å². The predicted octanol–water partition coefficient (Wildman–Crippen LogP) is 3.03. The molecule has 0 bridgehead atoms. The summed E-state index contributed by atoms with van der Waals surface area (Å²) >= 11 is 1.67. The first kappa shape index (κ1) is 19.9. The topological polar surface area (TPSA) is 43.9 Å². The second-order valence-corrected chi connectivity index (χ2v) is 9.66. The molecular weight excluding hydrogens is 370 g/mol. The third-order valence-corrected chi connectivity index (χ3v) is 7.74. The van der Waals surface area contributed by atoms with E-state index in [0.717, 1.165) is 82.8 Å². The average Bonchev–Trinajstić information content (AvgIpc) is 3.17. The highest BCUT2D eigenvalue weighted by Gasteiger charge is 2.32. The van der Waals surface area contributed by atoms with Crippen molar-refractivity contribution in [3.8, 4) is 0 Å². The van der Waals surface area contributed by atoms with Crippen LogP contribution in [0.15, 0.2) is 6.07 Å². The predicted molar refractivity (Wildman–Crippen MR) is 113 cm³/mol. The Labute approximate surface area is 172 Å². The molecular formula is C22H33N3O2S. The van der Waals surface area contributed by atoms with E-state index in [1.165, 1.54) is 23.3 Å². The fourth-order valence-electron chi connectivity index (χ4n) is 4.86. The molecule has 1 aliphatic carbocycles. The lowest BCUT2D eigenvalue weighted by Gasteiger charge is -2.37. The molecule has 2 fully saturated rings. The molecule has 0 N–H and O–H groups in total. The molecule has 0 aromatic carbocycles. The van der Waals surface area contributed by atoms with E-state index in [0.29, 0.717) is 5.91 Å². The number of nitrogens with zero attached hydrogens (tertiary/aromatic N) is 3. The fraction of sp³-hybridized carbons (Fsp3) is 0.727. The number of rotatable bonds is 4. The number of likely N-dealkylation sites (tertiary alicyclic amines) is 1. The van der Waals surface area contributed by atoms with Gasteiger partial charge in [-0.1, -0.05) is 6.92 Å². The van der Waals surface area contributed by atoms with Gasteiger partial charge in [0.2, 0.25) is 5.91 Å². The maximum absolute atomic E-state index is 13.1. The molecule has 2 amide bonds. The summed E-state index contributed by atoms with van der Waals surface area (Å²) in [7, 11) is 0. The third-order valence-electron chi connectivity index (χ3n) is 6.51. The highest BCUT2D eigenvalue weighted by Crippen LogP contribution is 2.34. The molecule has 28 heavy (non-hydrogen) atoms. The van der Waals surface area contributed by atoms with Gasteiger partial charge >= 0.3 is 0 Å². The molecule has 0 spiro atoms. The minimum Gasteiger partial charge on any atom is -0.340 e. The normalized spacial score (nSPS) is 23.5. The number of fused-ring (bicyclic) bond motifs is 1. The van der Waals surface area contributed by atoms with E-state index in [4.69, 9.17) is 0 Å². The first-order valence-electron chi connectivity index (χ1n) is 11.1. The van der Waals surface area contributed by atoms with Crippen molar-refractivity contribution >= 4 is 23.2 Å². The summed E-state index contributed by atoms with van der Waals surface area (Å²) in [6.45, 7) is 8.88. The van der Waals surface area contributed by atoms with Crippen LogP contribution in [0.25, 0.3) is 0 Å². The third kappa shape index (κ3) is 4.28. The summed E-state index contributed by atoms with van der Waals surface area (Å²) in [5.41, 5.74) is 1.25. The zero-order valence-electron chi connectivity index (χ0n) is 17.1. The summed E-state index contributed by atoms with van der Waals surface area (Å²) in [4.78, 5) is 34.6. The Morgan fingerprint density at radius 3 is 2.50 bits per heavy atom. The van der Waals surface area contributed by atoms with Crippen molar-refractivity contribution in [3.63, 3.8) is 0 Å². The van der Waals surface area contributed by atoms with Crippen LogP contribution in [0, 0.1) is 5.92 Å². The van der Waals surface area contributed by atoms with E-state index in [1.54, 1.807) is 11.3 Å². The van der Waals surface area contributed by atoms with Gasteiger partial charge in [0.15, 0.2) is 0 Å². The zero-order chi connectivity index (χ0) is 19.5. The summed E-state index contributed by atoms with van der Waals surface area (Å²) in [6.07, 6.45) is 7.35. The molecule has 2 saturated heterocycles. The number of hydrogen-bond acceptors (Lipinski definition) is 4. The van der Waals surface area contributed by atoms with Crippen LogP contribution in [-0.2, 0) is 17.6 Å². The number of piperazine rings is 1. The highest BCUT2D eigenvalue weighted by molar-refractivity contribution is 7.14. The summed E-state index contributed by atoms with van der Waals surface area (Å²) in [6, 6.07) is 2.09. The number of aryl methyl sites for hydroxylation is 1. The SMILES string of the molecule is CCCN1CCN(C(=O)C2CCc3sc(C(=O)N4CCCCC4)cc3C2)CC1. The van der Waals surface area contributed by atoms with Gasteiger partial charge in [0.1, 0.15) is 0 Å². The molecule has 4 rings (SSSR count). The van der Waals surface area contributed by atoms with E-state index in [-0.39, 0.29) is 11.8 Å². The molecule has 5 nitrogen and oxygen atoms in total. The van der Waals surface area contributed by atoms with Gasteiger partial charge in [-0.25, -0.2) is 0 Å².